The molecule has 2 aliphatic rings. The number of nitrogens with one attached hydrogen (secondary N) is 2. The third-order valence-corrected chi connectivity index (χ3v) is 9.65. The summed E-state index contributed by atoms with van der Waals surface area (Å²) in [7, 11) is 1.84. The number of para-hydroxylation sites is 1. The highest BCUT2D eigenvalue weighted by Crippen LogP contribution is 2.37. The number of carbonyl (C=O) groups excluding carboxylic acids is 2. The molecule has 2 aliphatic heterocycles. The van der Waals surface area contributed by atoms with E-state index in [4.69, 9.17) is 0 Å². The Bertz CT molecular complexity index is 2160. The predicted molar refractivity (Wildman–Crippen MR) is 182 cm³/mol. The van der Waals surface area contributed by atoms with E-state index in [0.29, 0.717) is 42.5 Å². The zero-order valence-corrected chi connectivity index (χ0v) is 26.6. The highest BCUT2D eigenvalue weighted by atomic mass is 19.1. The van der Waals surface area contributed by atoms with E-state index in [2.05, 4.69) is 30.3 Å². The van der Waals surface area contributed by atoms with Crippen molar-refractivity contribution < 1.29 is 14.0 Å². The zero-order valence-electron chi connectivity index (χ0n) is 26.6. The molecule has 6 aromatic rings. The normalized spacial score (nSPS) is 15.5. The summed E-state index contributed by atoms with van der Waals surface area (Å²) < 4.78 is 15.3. The third-order valence-electron chi connectivity index (χ3n) is 9.65. The zero-order chi connectivity index (χ0) is 32.8. The molecule has 2 aromatic carbocycles. The number of carbonyl (C=O) groups is 2. The van der Waals surface area contributed by atoms with Crippen LogP contribution in [0.3, 0.4) is 0 Å². The van der Waals surface area contributed by atoms with Gasteiger partial charge in [0.25, 0.3) is 11.8 Å². The van der Waals surface area contributed by atoms with Gasteiger partial charge in [-0.3, -0.25) is 19.3 Å². The van der Waals surface area contributed by atoms with Crippen LogP contribution in [-0.4, -0.2) is 79.1 Å². The van der Waals surface area contributed by atoms with Crippen molar-refractivity contribution >= 4 is 33.6 Å². The van der Waals surface area contributed by atoms with Gasteiger partial charge in [0.1, 0.15) is 11.5 Å². The van der Waals surface area contributed by atoms with Crippen LogP contribution in [0, 0.1) is 11.7 Å². The molecule has 8 rings (SSSR count). The number of halogens is 1. The van der Waals surface area contributed by atoms with Crippen molar-refractivity contribution in [2.45, 2.75) is 19.4 Å². The number of piperidine rings is 1. The minimum atomic E-state index is -0.308. The minimum absolute atomic E-state index is 0.00857. The summed E-state index contributed by atoms with van der Waals surface area (Å²) in [5, 5.41) is 9.77. The van der Waals surface area contributed by atoms with Gasteiger partial charge in [0.05, 0.1) is 23.3 Å². The Hall–Kier alpha value is -5.42. The van der Waals surface area contributed by atoms with Gasteiger partial charge in [-0.25, -0.2) is 9.37 Å². The van der Waals surface area contributed by atoms with Crippen molar-refractivity contribution in [3.63, 3.8) is 0 Å². The Morgan fingerprint density at radius 1 is 0.979 bits per heavy atom. The lowest BCUT2D eigenvalue weighted by Crippen LogP contribution is -2.42. The van der Waals surface area contributed by atoms with Gasteiger partial charge in [-0.05, 0) is 74.3 Å². The van der Waals surface area contributed by atoms with Crippen LogP contribution < -0.4 is 5.32 Å². The number of H-pyrrole nitrogens is 1. The molecule has 11 heteroatoms. The maximum atomic E-state index is 13.8. The van der Waals surface area contributed by atoms with E-state index >= 15 is 0 Å². The van der Waals surface area contributed by atoms with E-state index < -0.39 is 0 Å². The summed E-state index contributed by atoms with van der Waals surface area (Å²) in [6, 6.07) is 18.1. The molecule has 0 aliphatic carbocycles. The second kappa shape index (κ2) is 12.3. The monoisotopic (exact) mass is 642 g/mol. The van der Waals surface area contributed by atoms with Crippen LogP contribution >= 0.6 is 0 Å². The summed E-state index contributed by atoms with van der Waals surface area (Å²) in [4.78, 5) is 43.5. The Morgan fingerprint density at radius 2 is 1.77 bits per heavy atom. The van der Waals surface area contributed by atoms with E-state index in [-0.39, 0.29) is 17.6 Å². The number of amides is 2. The number of aromatic nitrogens is 5. The van der Waals surface area contributed by atoms with Crippen LogP contribution in [0.25, 0.3) is 44.2 Å². The molecule has 6 heterocycles. The molecular formula is C37H35FN8O2. The number of rotatable bonds is 8. The Morgan fingerprint density at radius 3 is 2.60 bits per heavy atom. The van der Waals surface area contributed by atoms with Crippen LogP contribution in [-0.2, 0) is 13.6 Å². The Labute approximate surface area is 276 Å². The molecule has 4 aromatic heterocycles. The first kappa shape index (κ1) is 29.9. The number of nitrogens with zero attached hydrogens (tertiary/aromatic N) is 6. The van der Waals surface area contributed by atoms with Crippen molar-refractivity contribution in [1.29, 1.82) is 0 Å². The number of aromatic amines is 1. The highest BCUT2D eigenvalue weighted by molar-refractivity contribution is 6.13. The molecule has 0 atom stereocenters. The molecule has 0 bridgehead atoms. The maximum Gasteiger partial charge on any atom is 0.272 e. The van der Waals surface area contributed by atoms with Crippen molar-refractivity contribution in [2.75, 3.05) is 32.7 Å². The minimum Gasteiger partial charge on any atom is -0.353 e. The lowest BCUT2D eigenvalue weighted by atomic mass is 9.96. The van der Waals surface area contributed by atoms with Gasteiger partial charge in [-0.15, -0.1) is 0 Å². The quantitative estimate of drug-likeness (QED) is 0.230. The second-order valence-corrected chi connectivity index (χ2v) is 12.7. The van der Waals surface area contributed by atoms with Gasteiger partial charge in [0, 0.05) is 78.3 Å². The van der Waals surface area contributed by atoms with Crippen LogP contribution in [0.2, 0.25) is 0 Å². The third kappa shape index (κ3) is 5.49. The van der Waals surface area contributed by atoms with Crippen LogP contribution in [0.1, 0.15) is 39.4 Å². The fraction of sp³-hybridized carbons (Fsp3) is 0.270. The van der Waals surface area contributed by atoms with Crippen molar-refractivity contribution in [3.05, 3.63) is 102 Å². The maximum absolute atomic E-state index is 13.8. The van der Waals surface area contributed by atoms with Crippen molar-refractivity contribution in [3.8, 4) is 22.4 Å². The topological polar surface area (TPSA) is 112 Å². The largest absolute Gasteiger partial charge is 0.353 e. The van der Waals surface area contributed by atoms with Gasteiger partial charge in [-0.2, -0.15) is 5.10 Å². The van der Waals surface area contributed by atoms with E-state index in [1.54, 1.807) is 29.2 Å². The molecule has 242 valence electrons. The molecule has 0 spiro atoms. The molecule has 0 unspecified atom stereocenters. The molecule has 48 heavy (non-hydrogen) atoms. The molecule has 2 N–H and O–H groups in total. The summed E-state index contributed by atoms with van der Waals surface area (Å²) in [6.07, 6.45) is 7.29. The number of hydrogen-bond donors (Lipinski definition) is 2. The first-order valence-corrected chi connectivity index (χ1v) is 16.4. The van der Waals surface area contributed by atoms with E-state index in [9.17, 15) is 14.0 Å². The fourth-order valence-corrected chi connectivity index (χ4v) is 7.21. The van der Waals surface area contributed by atoms with E-state index in [1.807, 2.05) is 54.5 Å². The summed E-state index contributed by atoms with van der Waals surface area (Å²) in [5.41, 5.74) is 6.66. The average Bonchev–Trinajstić information content (AvgIpc) is 3.78. The SMILES string of the molecule is Cn1cc(-c2ccnc3c2C(=O)N(CC2CCN(CCNC(=O)c4nccc5c4[nH]c4ccccc45)CC2)C3)c(-c2ccc(F)cc2)n1. The van der Waals surface area contributed by atoms with Crippen LogP contribution in [0.5, 0.6) is 0 Å². The second-order valence-electron chi connectivity index (χ2n) is 12.7. The Balaban J connectivity index is 0.873. The Kier molecular flexibility index (Phi) is 7.68. The van der Waals surface area contributed by atoms with Gasteiger partial charge < -0.3 is 20.1 Å². The van der Waals surface area contributed by atoms with Gasteiger partial charge >= 0.3 is 0 Å². The summed E-state index contributed by atoms with van der Waals surface area (Å²) in [5.74, 6) is -0.115. The van der Waals surface area contributed by atoms with Crippen molar-refractivity contribution in [1.82, 2.24) is 39.8 Å². The van der Waals surface area contributed by atoms with Crippen molar-refractivity contribution in [2.24, 2.45) is 13.0 Å². The molecule has 10 nitrogen and oxygen atoms in total. The number of hydrogen-bond acceptors (Lipinski definition) is 6. The van der Waals surface area contributed by atoms with Gasteiger partial charge in [0.15, 0.2) is 5.69 Å². The van der Waals surface area contributed by atoms with Crippen LogP contribution in [0.15, 0.2) is 79.3 Å². The number of fused-ring (bicyclic) bond motifs is 4. The van der Waals surface area contributed by atoms with E-state index in [0.717, 1.165) is 76.7 Å². The first-order chi connectivity index (χ1) is 23.4. The van der Waals surface area contributed by atoms with Gasteiger partial charge in [0.2, 0.25) is 0 Å². The fourth-order valence-electron chi connectivity index (χ4n) is 7.21. The van der Waals surface area contributed by atoms with Crippen LogP contribution in [0.4, 0.5) is 4.39 Å². The summed E-state index contributed by atoms with van der Waals surface area (Å²) in [6.45, 7) is 4.26. The molecule has 0 radical (unpaired) electrons. The molecule has 0 saturated carbocycles. The lowest BCUT2D eigenvalue weighted by Gasteiger charge is -2.33. The number of likely N-dealkylation sites (tertiary alicyclic amines) is 1. The number of pyridine rings is 2. The average molecular weight is 643 g/mol. The van der Waals surface area contributed by atoms with E-state index in [1.165, 1.54) is 12.1 Å². The highest BCUT2D eigenvalue weighted by Gasteiger charge is 2.34. The molecular weight excluding hydrogens is 607 g/mol. The first-order valence-electron chi connectivity index (χ1n) is 16.4. The van der Waals surface area contributed by atoms with Gasteiger partial charge in [-0.1, -0.05) is 18.2 Å². The predicted octanol–water partition coefficient (Wildman–Crippen LogP) is 5.42. The molecule has 2 amide bonds. The summed E-state index contributed by atoms with van der Waals surface area (Å²) >= 11 is 0. The molecule has 1 saturated heterocycles. The molecule has 1 fully saturated rings. The number of aryl methyl sites for hydroxylation is 1. The smallest absolute Gasteiger partial charge is 0.272 e. The lowest BCUT2D eigenvalue weighted by molar-refractivity contribution is 0.0714. The number of benzene rings is 2. The standard InChI is InChI=1S/C37H35FN8O2/c1-44-21-29(33(43-44)24-6-8-25(38)9-7-24)27-10-14-39-31-22-46(37(48)32(27)31)20-23-12-17-45(18-13-23)19-16-41-36(47)35-34-28(11-15-40-35)26-4-2-3-5-30(26)42-34/h2-11,14-15,21,23,42H,12-13,16-20,22H2,1H3,(H,41,47).